The summed E-state index contributed by atoms with van der Waals surface area (Å²) in [6, 6.07) is 3.49. The van der Waals surface area contributed by atoms with E-state index in [4.69, 9.17) is 4.52 Å². The molecule has 6 heteroatoms. The first-order chi connectivity index (χ1) is 7.74. The fraction of sp³-hybridized carbons (Fsp3) is 0.300. The van der Waals surface area contributed by atoms with Gasteiger partial charge in [0.15, 0.2) is 5.82 Å². The third-order valence-corrected chi connectivity index (χ3v) is 2.02. The highest BCUT2D eigenvalue weighted by molar-refractivity contribution is 5.89. The van der Waals surface area contributed by atoms with Crippen LogP contribution in [0.3, 0.4) is 0 Å². The van der Waals surface area contributed by atoms with Crippen LogP contribution in [0.4, 0.5) is 5.82 Å². The Morgan fingerprint density at radius 1 is 1.62 bits per heavy atom. The molecule has 1 N–H and O–H groups in total. The largest absolute Gasteiger partial charge is 0.360 e. The molecule has 0 spiro atoms. The molecule has 2 rings (SSSR count). The maximum absolute atomic E-state index is 11.5. The molecule has 0 fully saturated rings. The van der Waals surface area contributed by atoms with E-state index in [0.29, 0.717) is 24.5 Å². The molecule has 2 aromatic rings. The van der Waals surface area contributed by atoms with Crippen LogP contribution in [0.1, 0.15) is 12.2 Å². The van der Waals surface area contributed by atoms with Gasteiger partial charge in [0.2, 0.25) is 5.91 Å². The molecule has 16 heavy (non-hydrogen) atoms. The molecule has 2 heterocycles. The molecule has 0 bridgehead atoms. The Morgan fingerprint density at radius 3 is 3.12 bits per heavy atom. The van der Waals surface area contributed by atoms with Crippen LogP contribution in [0.15, 0.2) is 29.0 Å². The highest BCUT2D eigenvalue weighted by atomic mass is 16.5. The molecular formula is C10H12N4O2. The molecule has 6 nitrogen and oxygen atoms in total. The third kappa shape index (κ3) is 2.69. The van der Waals surface area contributed by atoms with E-state index in [-0.39, 0.29) is 5.91 Å². The summed E-state index contributed by atoms with van der Waals surface area (Å²) in [5, 5.41) is 10.3. The monoisotopic (exact) mass is 220 g/mol. The summed E-state index contributed by atoms with van der Waals surface area (Å²) in [6.07, 6.45) is 3.85. The fourth-order valence-electron chi connectivity index (χ4n) is 1.28. The van der Waals surface area contributed by atoms with Gasteiger partial charge in [0.05, 0.1) is 0 Å². The van der Waals surface area contributed by atoms with E-state index < -0.39 is 0 Å². The molecule has 0 aliphatic rings. The lowest BCUT2D eigenvalue weighted by Crippen LogP contribution is -2.14. The number of anilines is 1. The molecule has 84 valence electrons. The van der Waals surface area contributed by atoms with Crippen molar-refractivity contribution in [3.8, 4) is 0 Å². The van der Waals surface area contributed by atoms with Crippen LogP contribution in [-0.2, 0) is 11.3 Å². The molecule has 0 aliphatic carbocycles. The number of hydrogen-bond acceptors (Lipinski definition) is 4. The van der Waals surface area contributed by atoms with Gasteiger partial charge in [-0.2, -0.15) is 5.10 Å². The summed E-state index contributed by atoms with van der Waals surface area (Å²) < 4.78 is 6.54. The Morgan fingerprint density at radius 2 is 2.50 bits per heavy atom. The quantitative estimate of drug-likeness (QED) is 0.840. The van der Waals surface area contributed by atoms with E-state index in [2.05, 4.69) is 15.6 Å². The van der Waals surface area contributed by atoms with Gasteiger partial charge in [-0.3, -0.25) is 9.48 Å². The van der Waals surface area contributed by atoms with Gasteiger partial charge < -0.3 is 9.84 Å². The lowest BCUT2D eigenvalue weighted by molar-refractivity contribution is -0.116. The van der Waals surface area contributed by atoms with E-state index in [0.717, 1.165) is 0 Å². The molecule has 0 aromatic carbocycles. The van der Waals surface area contributed by atoms with Crippen molar-refractivity contribution in [1.82, 2.24) is 14.9 Å². The Kier molecular flexibility index (Phi) is 3.00. The highest BCUT2D eigenvalue weighted by Gasteiger charge is 2.06. The molecule has 0 radical (unpaired) electrons. The molecule has 0 saturated heterocycles. The highest BCUT2D eigenvalue weighted by Crippen LogP contribution is 2.07. The Bertz CT molecular complexity index is 461. The minimum Gasteiger partial charge on any atom is -0.360 e. The molecule has 0 unspecified atom stereocenters. The van der Waals surface area contributed by atoms with Crippen molar-refractivity contribution in [2.75, 3.05) is 5.32 Å². The number of carbonyl (C=O) groups is 1. The predicted molar refractivity (Wildman–Crippen MR) is 56.7 cm³/mol. The summed E-state index contributed by atoms with van der Waals surface area (Å²) in [4.78, 5) is 11.5. The fourth-order valence-corrected chi connectivity index (χ4v) is 1.28. The first-order valence-corrected chi connectivity index (χ1v) is 4.94. The topological polar surface area (TPSA) is 73.0 Å². The van der Waals surface area contributed by atoms with Gasteiger partial charge >= 0.3 is 0 Å². The van der Waals surface area contributed by atoms with Gasteiger partial charge in [-0.25, -0.2) is 0 Å². The van der Waals surface area contributed by atoms with E-state index in [9.17, 15) is 4.79 Å². The maximum Gasteiger partial charge on any atom is 0.227 e. The van der Waals surface area contributed by atoms with Crippen molar-refractivity contribution in [3.63, 3.8) is 0 Å². The summed E-state index contributed by atoms with van der Waals surface area (Å²) >= 11 is 0. The molecule has 2 aromatic heterocycles. The number of hydrogen-bond donors (Lipinski definition) is 1. The molecule has 1 amide bonds. The van der Waals surface area contributed by atoms with Crippen LogP contribution in [-0.4, -0.2) is 20.8 Å². The van der Waals surface area contributed by atoms with Crippen LogP contribution in [0.2, 0.25) is 0 Å². The molecule has 0 atom stereocenters. The smallest absolute Gasteiger partial charge is 0.227 e. The van der Waals surface area contributed by atoms with Crippen molar-refractivity contribution in [2.24, 2.45) is 0 Å². The maximum atomic E-state index is 11.5. The van der Waals surface area contributed by atoms with Crippen molar-refractivity contribution in [3.05, 3.63) is 30.3 Å². The molecule has 0 aliphatic heterocycles. The predicted octanol–water partition coefficient (Wildman–Crippen LogP) is 1.21. The second kappa shape index (κ2) is 4.61. The summed E-state index contributed by atoms with van der Waals surface area (Å²) in [5.74, 6) is 1.01. The van der Waals surface area contributed by atoms with Crippen LogP contribution in [0.25, 0.3) is 0 Å². The van der Waals surface area contributed by atoms with Gasteiger partial charge in [-0.15, -0.1) is 0 Å². The Balaban J connectivity index is 1.81. The van der Waals surface area contributed by atoms with E-state index in [1.165, 1.54) is 0 Å². The number of rotatable bonds is 4. The second-order valence-corrected chi connectivity index (χ2v) is 3.39. The van der Waals surface area contributed by atoms with Gasteiger partial charge in [0.25, 0.3) is 0 Å². The molecular weight excluding hydrogens is 208 g/mol. The molecule has 0 saturated carbocycles. The number of carbonyl (C=O) groups excluding carboxylic acids is 1. The normalized spacial score (nSPS) is 10.3. The van der Waals surface area contributed by atoms with Crippen LogP contribution < -0.4 is 5.32 Å². The van der Waals surface area contributed by atoms with E-state index in [1.807, 2.05) is 12.3 Å². The van der Waals surface area contributed by atoms with Gasteiger partial charge in [0, 0.05) is 31.4 Å². The Hall–Kier alpha value is -2.11. The number of aromatic nitrogens is 3. The number of nitrogens with one attached hydrogen (secondary N) is 1. The lowest BCUT2D eigenvalue weighted by atomic mass is 10.4. The van der Waals surface area contributed by atoms with Gasteiger partial charge in [0.1, 0.15) is 5.76 Å². The Labute approximate surface area is 92.2 Å². The number of amides is 1. The number of aryl methyl sites for hydroxylation is 2. The zero-order valence-electron chi connectivity index (χ0n) is 8.88. The third-order valence-electron chi connectivity index (χ3n) is 2.02. The second-order valence-electron chi connectivity index (χ2n) is 3.39. The summed E-state index contributed by atoms with van der Waals surface area (Å²) in [7, 11) is 0. The number of nitrogens with zero attached hydrogens (tertiary/aromatic N) is 3. The van der Waals surface area contributed by atoms with Crippen molar-refractivity contribution < 1.29 is 9.32 Å². The minimum atomic E-state index is -0.108. The average Bonchev–Trinajstić information content (AvgIpc) is 2.87. The van der Waals surface area contributed by atoms with Gasteiger partial charge in [-0.1, -0.05) is 5.16 Å². The van der Waals surface area contributed by atoms with Crippen molar-refractivity contribution in [2.45, 2.75) is 19.9 Å². The summed E-state index contributed by atoms with van der Waals surface area (Å²) in [6.45, 7) is 2.32. The standard InChI is InChI=1S/C10H12N4O2/c1-8-7-9(13-16-8)12-10(15)3-6-14-5-2-4-11-14/h2,4-5,7H,3,6H2,1H3,(H,12,13,15). The first kappa shape index (κ1) is 10.4. The first-order valence-electron chi connectivity index (χ1n) is 4.94. The zero-order valence-corrected chi connectivity index (χ0v) is 8.88. The van der Waals surface area contributed by atoms with Crippen molar-refractivity contribution >= 4 is 11.7 Å². The summed E-state index contributed by atoms with van der Waals surface area (Å²) in [5.41, 5.74) is 0. The zero-order chi connectivity index (χ0) is 11.4. The minimum absolute atomic E-state index is 0.108. The average molecular weight is 220 g/mol. The van der Waals surface area contributed by atoms with Gasteiger partial charge in [-0.05, 0) is 13.0 Å². The van der Waals surface area contributed by atoms with Crippen molar-refractivity contribution in [1.29, 1.82) is 0 Å². The van der Waals surface area contributed by atoms with Crippen LogP contribution in [0, 0.1) is 6.92 Å². The lowest BCUT2D eigenvalue weighted by Gasteiger charge is -2.01. The van der Waals surface area contributed by atoms with Crippen LogP contribution in [0.5, 0.6) is 0 Å². The van der Waals surface area contributed by atoms with E-state index >= 15 is 0 Å². The van der Waals surface area contributed by atoms with Crippen LogP contribution >= 0.6 is 0 Å². The van der Waals surface area contributed by atoms with E-state index in [1.54, 1.807) is 23.9 Å². The SMILES string of the molecule is Cc1cc(NC(=O)CCn2cccn2)no1.